The van der Waals surface area contributed by atoms with Crippen molar-refractivity contribution in [2.24, 2.45) is 10.7 Å². The number of halogens is 1. The number of aliphatic imine (C=N–C) groups is 1. The van der Waals surface area contributed by atoms with Crippen LogP contribution in [-0.4, -0.2) is 25.7 Å². The molecule has 0 amide bonds. The Bertz CT molecular complexity index is 596. The van der Waals surface area contributed by atoms with Crippen molar-refractivity contribution in [1.82, 2.24) is 5.32 Å². The molecule has 0 radical (unpaired) electrons. The molecule has 4 nitrogen and oxygen atoms in total. The van der Waals surface area contributed by atoms with Gasteiger partial charge in [-0.2, -0.15) is 0 Å². The van der Waals surface area contributed by atoms with Crippen LogP contribution in [0.15, 0.2) is 47.5 Å². The molecule has 0 bridgehead atoms. The maximum atomic E-state index is 5.88. The summed E-state index contributed by atoms with van der Waals surface area (Å²) in [4.78, 5) is 4.40. The minimum Gasteiger partial charge on any atom is -0.382 e. The van der Waals surface area contributed by atoms with Crippen LogP contribution in [-0.2, 0) is 11.3 Å². The van der Waals surface area contributed by atoms with Gasteiger partial charge in [-0.1, -0.05) is 42.5 Å². The van der Waals surface area contributed by atoms with Gasteiger partial charge in [-0.3, -0.25) is 0 Å². The SMILES string of the molecule is CCOCCCNC(N)=NCc1cccc2ccccc12.I. The second kappa shape index (κ2) is 10.4. The molecule has 120 valence electrons. The first-order chi connectivity index (χ1) is 10.3. The zero-order chi connectivity index (χ0) is 14.9. The molecule has 0 atom stereocenters. The first-order valence-corrected chi connectivity index (χ1v) is 7.39. The van der Waals surface area contributed by atoms with Gasteiger partial charge < -0.3 is 15.8 Å². The predicted molar refractivity (Wildman–Crippen MR) is 104 cm³/mol. The van der Waals surface area contributed by atoms with Gasteiger partial charge in [0.2, 0.25) is 0 Å². The number of ether oxygens (including phenoxy) is 1. The van der Waals surface area contributed by atoms with E-state index in [4.69, 9.17) is 10.5 Å². The molecule has 0 aliphatic heterocycles. The van der Waals surface area contributed by atoms with Gasteiger partial charge in [0.25, 0.3) is 0 Å². The lowest BCUT2D eigenvalue weighted by Crippen LogP contribution is -2.32. The summed E-state index contributed by atoms with van der Waals surface area (Å²) in [5.74, 6) is 0.486. The number of fused-ring (bicyclic) bond motifs is 1. The monoisotopic (exact) mass is 413 g/mol. The fourth-order valence-corrected chi connectivity index (χ4v) is 2.19. The Morgan fingerprint density at radius 1 is 1.18 bits per heavy atom. The number of nitrogens with zero attached hydrogens (tertiary/aromatic N) is 1. The zero-order valence-corrected chi connectivity index (χ0v) is 15.2. The molecule has 0 aromatic heterocycles. The number of benzene rings is 2. The Morgan fingerprint density at radius 2 is 1.95 bits per heavy atom. The quantitative estimate of drug-likeness (QED) is 0.317. The normalized spacial score (nSPS) is 11.2. The molecule has 0 saturated carbocycles. The molecule has 0 fully saturated rings. The largest absolute Gasteiger partial charge is 0.382 e. The number of hydrogen-bond donors (Lipinski definition) is 2. The van der Waals surface area contributed by atoms with Gasteiger partial charge >= 0.3 is 0 Å². The lowest BCUT2D eigenvalue weighted by atomic mass is 10.1. The highest BCUT2D eigenvalue weighted by Gasteiger charge is 1.99. The second-order valence-electron chi connectivity index (χ2n) is 4.82. The summed E-state index contributed by atoms with van der Waals surface area (Å²) < 4.78 is 5.27. The molecule has 2 aromatic carbocycles. The molecule has 2 rings (SSSR count). The highest BCUT2D eigenvalue weighted by Crippen LogP contribution is 2.18. The van der Waals surface area contributed by atoms with Gasteiger partial charge in [0.05, 0.1) is 6.54 Å². The van der Waals surface area contributed by atoms with E-state index in [-0.39, 0.29) is 24.0 Å². The summed E-state index contributed by atoms with van der Waals surface area (Å²) >= 11 is 0. The van der Waals surface area contributed by atoms with Crippen molar-refractivity contribution in [3.8, 4) is 0 Å². The molecular formula is C17H24IN3O. The van der Waals surface area contributed by atoms with E-state index in [1.807, 2.05) is 19.1 Å². The summed E-state index contributed by atoms with van der Waals surface area (Å²) in [6, 6.07) is 14.6. The molecule has 2 aromatic rings. The number of nitrogens with one attached hydrogen (secondary N) is 1. The Balaban J connectivity index is 0.00000242. The van der Waals surface area contributed by atoms with Crippen LogP contribution < -0.4 is 11.1 Å². The molecule has 0 unspecified atom stereocenters. The Morgan fingerprint density at radius 3 is 2.77 bits per heavy atom. The molecule has 22 heavy (non-hydrogen) atoms. The van der Waals surface area contributed by atoms with Crippen LogP contribution in [0.2, 0.25) is 0 Å². The zero-order valence-electron chi connectivity index (χ0n) is 12.9. The molecule has 0 saturated heterocycles. The first kappa shape index (κ1) is 18.7. The van der Waals surface area contributed by atoms with Crippen molar-refractivity contribution in [1.29, 1.82) is 0 Å². The van der Waals surface area contributed by atoms with Gasteiger partial charge in [0.1, 0.15) is 0 Å². The third-order valence-corrected chi connectivity index (χ3v) is 3.28. The lowest BCUT2D eigenvalue weighted by molar-refractivity contribution is 0.145. The molecule has 5 heteroatoms. The molecule has 3 N–H and O–H groups in total. The summed E-state index contributed by atoms with van der Waals surface area (Å²) in [7, 11) is 0. The molecular weight excluding hydrogens is 389 g/mol. The van der Waals surface area contributed by atoms with Crippen molar-refractivity contribution in [2.75, 3.05) is 19.8 Å². The Kier molecular flexibility index (Phi) is 8.84. The highest BCUT2D eigenvalue weighted by atomic mass is 127. The highest BCUT2D eigenvalue weighted by molar-refractivity contribution is 14.0. The van der Waals surface area contributed by atoms with E-state index in [1.54, 1.807) is 0 Å². The minimum atomic E-state index is 0. The third kappa shape index (κ3) is 5.81. The molecule has 0 aliphatic rings. The van der Waals surface area contributed by atoms with Gasteiger partial charge in [0, 0.05) is 19.8 Å². The van der Waals surface area contributed by atoms with Crippen molar-refractivity contribution in [3.63, 3.8) is 0 Å². The van der Waals surface area contributed by atoms with Crippen molar-refractivity contribution >= 4 is 40.7 Å². The van der Waals surface area contributed by atoms with Crippen LogP contribution in [0.3, 0.4) is 0 Å². The number of nitrogens with two attached hydrogens (primary N) is 1. The van der Waals surface area contributed by atoms with E-state index >= 15 is 0 Å². The maximum Gasteiger partial charge on any atom is 0.188 e. The summed E-state index contributed by atoms with van der Waals surface area (Å²) in [6.07, 6.45) is 0.929. The van der Waals surface area contributed by atoms with Crippen molar-refractivity contribution in [2.45, 2.75) is 19.9 Å². The Labute approximate surface area is 149 Å². The third-order valence-electron chi connectivity index (χ3n) is 3.28. The first-order valence-electron chi connectivity index (χ1n) is 7.39. The molecule has 0 aliphatic carbocycles. The van der Waals surface area contributed by atoms with E-state index < -0.39 is 0 Å². The standard InChI is InChI=1S/C17H23N3O.HI/c1-2-21-12-6-11-19-17(18)20-13-15-9-5-8-14-7-3-4-10-16(14)15;/h3-5,7-10H,2,6,11-13H2,1H3,(H3,18,19,20);1H. The van der Waals surface area contributed by atoms with Gasteiger partial charge in [-0.05, 0) is 29.7 Å². The van der Waals surface area contributed by atoms with Crippen LogP contribution in [0.1, 0.15) is 18.9 Å². The van der Waals surface area contributed by atoms with E-state index in [9.17, 15) is 0 Å². The van der Waals surface area contributed by atoms with Crippen LogP contribution >= 0.6 is 24.0 Å². The molecule has 0 spiro atoms. The average molecular weight is 413 g/mol. The van der Waals surface area contributed by atoms with E-state index in [1.165, 1.54) is 16.3 Å². The van der Waals surface area contributed by atoms with Gasteiger partial charge in [-0.25, -0.2) is 4.99 Å². The smallest absolute Gasteiger partial charge is 0.188 e. The maximum absolute atomic E-state index is 5.88. The van der Waals surface area contributed by atoms with E-state index in [0.717, 1.165) is 26.2 Å². The minimum absolute atomic E-state index is 0. The van der Waals surface area contributed by atoms with Gasteiger partial charge in [0.15, 0.2) is 5.96 Å². The predicted octanol–water partition coefficient (Wildman–Crippen LogP) is 3.29. The van der Waals surface area contributed by atoms with E-state index in [0.29, 0.717) is 12.5 Å². The Hall–Kier alpha value is -1.34. The van der Waals surface area contributed by atoms with E-state index in [2.05, 4.69) is 40.6 Å². The lowest BCUT2D eigenvalue weighted by Gasteiger charge is -2.07. The summed E-state index contributed by atoms with van der Waals surface area (Å²) in [5, 5.41) is 5.57. The summed E-state index contributed by atoms with van der Waals surface area (Å²) in [5.41, 5.74) is 7.07. The van der Waals surface area contributed by atoms with Gasteiger partial charge in [-0.15, -0.1) is 24.0 Å². The van der Waals surface area contributed by atoms with Crippen LogP contribution in [0.25, 0.3) is 10.8 Å². The molecule has 0 heterocycles. The topological polar surface area (TPSA) is 59.6 Å². The fourth-order valence-electron chi connectivity index (χ4n) is 2.19. The van der Waals surface area contributed by atoms with Crippen molar-refractivity contribution in [3.05, 3.63) is 48.0 Å². The number of hydrogen-bond acceptors (Lipinski definition) is 2. The summed E-state index contributed by atoms with van der Waals surface area (Å²) in [6.45, 7) is 4.87. The average Bonchev–Trinajstić information content (AvgIpc) is 2.52. The van der Waals surface area contributed by atoms with Crippen LogP contribution in [0.4, 0.5) is 0 Å². The van der Waals surface area contributed by atoms with Crippen molar-refractivity contribution < 1.29 is 4.74 Å². The second-order valence-corrected chi connectivity index (χ2v) is 4.82. The number of guanidine groups is 1. The van der Waals surface area contributed by atoms with Crippen LogP contribution in [0, 0.1) is 0 Å². The number of rotatable bonds is 7. The van der Waals surface area contributed by atoms with Crippen LogP contribution in [0.5, 0.6) is 0 Å². The fraction of sp³-hybridized carbons (Fsp3) is 0.353.